The van der Waals surface area contributed by atoms with Gasteiger partial charge in [-0.2, -0.15) is 0 Å². The summed E-state index contributed by atoms with van der Waals surface area (Å²) >= 11 is 11.4. The molecule has 118 valence electrons. The Hall–Kier alpha value is -1.37. The molecule has 0 saturated heterocycles. The van der Waals surface area contributed by atoms with Gasteiger partial charge in [0, 0.05) is 17.5 Å². The average molecular weight is 351 g/mol. The van der Waals surface area contributed by atoms with Gasteiger partial charge in [0.15, 0.2) is 11.0 Å². The van der Waals surface area contributed by atoms with Crippen molar-refractivity contribution in [1.82, 2.24) is 9.97 Å². The minimum absolute atomic E-state index is 0.216. The van der Waals surface area contributed by atoms with Crippen LogP contribution in [0.3, 0.4) is 0 Å². The second kappa shape index (κ2) is 6.40. The molecule has 0 bridgehead atoms. The van der Waals surface area contributed by atoms with Crippen molar-refractivity contribution in [3.05, 3.63) is 58.4 Å². The lowest BCUT2D eigenvalue weighted by Crippen LogP contribution is -2.36. The van der Waals surface area contributed by atoms with E-state index in [9.17, 15) is 18.3 Å². The zero-order valence-corrected chi connectivity index (χ0v) is 12.8. The topological polar surface area (TPSA) is 46.0 Å². The van der Waals surface area contributed by atoms with Gasteiger partial charge in [-0.3, -0.25) is 0 Å². The molecule has 1 aromatic carbocycles. The van der Waals surface area contributed by atoms with E-state index in [-0.39, 0.29) is 11.3 Å². The van der Waals surface area contributed by atoms with Gasteiger partial charge in [-0.15, -0.1) is 11.6 Å². The van der Waals surface area contributed by atoms with Crippen LogP contribution < -0.4 is 0 Å². The van der Waals surface area contributed by atoms with E-state index in [4.69, 9.17) is 23.2 Å². The number of nitrogens with zero attached hydrogens (tertiary/aromatic N) is 2. The highest BCUT2D eigenvalue weighted by Crippen LogP contribution is 2.39. The number of hydrogen-bond acceptors (Lipinski definition) is 3. The molecule has 2 aromatic rings. The molecule has 0 saturated carbocycles. The molecule has 0 fully saturated rings. The van der Waals surface area contributed by atoms with E-state index < -0.39 is 40.0 Å². The molecule has 1 aromatic heterocycles. The molecule has 0 aliphatic carbocycles. The van der Waals surface area contributed by atoms with E-state index in [1.165, 1.54) is 6.92 Å². The van der Waals surface area contributed by atoms with Crippen LogP contribution in [0.4, 0.5) is 13.2 Å². The van der Waals surface area contributed by atoms with Crippen molar-refractivity contribution < 1.29 is 18.3 Å². The van der Waals surface area contributed by atoms with Crippen LogP contribution in [0.5, 0.6) is 0 Å². The summed E-state index contributed by atoms with van der Waals surface area (Å²) < 4.78 is 41.0. The number of aliphatic hydroxyl groups is 1. The first kappa shape index (κ1) is 17.0. The third-order valence-electron chi connectivity index (χ3n) is 3.50. The molecule has 0 aliphatic rings. The van der Waals surface area contributed by atoms with Crippen molar-refractivity contribution >= 4 is 23.2 Å². The average Bonchev–Trinajstić information content (AvgIpc) is 2.48. The Morgan fingerprint density at radius 2 is 1.95 bits per heavy atom. The number of aromatic nitrogens is 2. The Kier molecular flexibility index (Phi) is 4.94. The minimum atomic E-state index is -2.00. The summed E-state index contributed by atoms with van der Waals surface area (Å²) in [5.41, 5.74) is -2.48. The first-order valence-electron chi connectivity index (χ1n) is 6.21. The van der Waals surface area contributed by atoms with Crippen LogP contribution in [0.15, 0.2) is 24.5 Å². The Morgan fingerprint density at radius 3 is 2.55 bits per heavy atom. The van der Waals surface area contributed by atoms with Crippen LogP contribution in [-0.4, -0.2) is 21.0 Å². The number of hydrogen-bond donors (Lipinski definition) is 1. The number of rotatable bonds is 4. The SMILES string of the molecule is CC(c1ncnc(Cl)c1F)C(O)(CCl)c1ccc(F)cc1F. The highest BCUT2D eigenvalue weighted by molar-refractivity contribution is 6.29. The predicted octanol–water partition coefficient (Wildman–Crippen LogP) is 3.78. The van der Waals surface area contributed by atoms with Crippen molar-refractivity contribution in [3.8, 4) is 0 Å². The summed E-state index contributed by atoms with van der Waals surface area (Å²) in [4.78, 5) is 7.21. The summed E-state index contributed by atoms with van der Waals surface area (Å²) in [6.07, 6.45) is 1.02. The van der Waals surface area contributed by atoms with E-state index >= 15 is 0 Å². The molecule has 2 unspecified atom stereocenters. The lowest BCUT2D eigenvalue weighted by atomic mass is 9.81. The first-order valence-corrected chi connectivity index (χ1v) is 7.12. The summed E-state index contributed by atoms with van der Waals surface area (Å²) in [5, 5.41) is 10.3. The number of halogens is 5. The summed E-state index contributed by atoms with van der Waals surface area (Å²) in [6.45, 7) is 1.41. The Balaban J connectivity index is 2.56. The fraction of sp³-hybridized carbons (Fsp3) is 0.286. The third-order valence-corrected chi connectivity index (χ3v) is 4.17. The lowest BCUT2D eigenvalue weighted by Gasteiger charge is -2.32. The quantitative estimate of drug-likeness (QED) is 0.674. The van der Waals surface area contributed by atoms with Crippen LogP contribution in [0.1, 0.15) is 24.1 Å². The molecular weight excluding hydrogens is 340 g/mol. The van der Waals surface area contributed by atoms with Crippen molar-refractivity contribution in [2.24, 2.45) is 0 Å². The molecule has 2 atom stereocenters. The highest BCUT2D eigenvalue weighted by atomic mass is 35.5. The zero-order chi connectivity index (χ0) is 16.5. The van der Waals surface area contributed by atoms with Crippen LogP contribution in [0.2, 0.25) is 5.15 Å². The van der Waals surface area contributed by atoms with Gasteiger partial charge in [-0.1, -0.05) is 24.6 Å². The second-order valence-electron chi connectivity index (χ2n) is 4.77. The molecule has 0 spiro atoms. The van der Waals surface area contributed by atoms with E-state index in [0.717, 1.165) is 18.5 Å². The van der Waals surface area contributed by atoms with E-state index in [1.54, 1.807) is 0 Å². The molecule has 8 heteroatoms. The Labute approximate surface area is 134 Å². The van der Waals surface area contributed by atoms with Crippen LogP contribution in [-0.2, 0) is 5.60 Å². The molecule has 1 N–H and O–H groups in total. The minimum Gasteiger partial charge on any atom is -0.383 e. The summed E-state index contributed by atoms with van der Waals surface area (Å²) in [5.74, 6) is -4.23. The standard InChI is InChI=1S/C14H11Cl2F3N2O/c1-7(12-11(19)13(16)21-6-20-12)14(22,5-15)9-3-2-8(17)4-10(9)18/h2-4,6-7,22H,5H2,1H3. The fourth-order valence-corrected chi connectivity index (χ4v) is 2.67. The normalized spacial score (nSPS) is 15.4. The molecule has 22 heavy (non-hydrogen) atoms. The lowest BCUT2D eigenvalue weighted by molar-refractivity contribution is 0.0299. The maximum absolute atomic E-state index is 14.0. The van der Waals surface area contributed by atoms with Gasteiger partial charge in [0.2, 0.25) is 0 Å². The summed E-state index contributed by atoms with van der Waals surface area (Å²) in [6, 6.07) is 2.65. The fourth-order valence-electron chi connectivity index (χ4n) is 2.15. The number of benzene rings is 1. The van der Waals surface area contributed by atoms with Crippen molar-refractivity contribution in [1.29, 1.82) is 0 Å². The van der Waals surface area contributed by atoms with Crippen LogP contribution in [0, 0.1) is 17.5 Å². The van der Waals surface area contributed by atoms with Gasteiger partial charge in [0.25, 0.3) is 0 Å². The second-order valence-corrected chi connectivity index (χ2v) is 5.39. The molecular formula is C14H11Cl2F3N2O. The van der Waals surface area contributed by atoms with Crippen molar-refractivity contribution in [2.45, 2.75) is 18.4 Å². The Bertz CT molecular complexity index is 702. The van der Waals surface area contributed by atoms with Gasteiger partial charge >= 0.3 is 0 Å². The van der Waals surface area contributed by atoms with Crippen LogP contribution >= 0.6 is 23.2 Å². The van der Waals surface area contributed by atoms with E-state index in [2.05, 4.69) is 9.97 Å². The molecule has 0 aliphatic heterocycles. The van der Waals surface area contributed by atoms with E-state index in [0.29, 0.717) is 6.07 Å². The van der Waals surface area contributed by atoms with E-state index in [1.807, 2.05) is 0 Å². The summed E-state index contributed by atoms with van der Waals surface area (Å²) in [7, 11) is 0. The molecule has 1 heterocycles. The van der Waals surface area contributed by atoms with Gasteiger partial charge in [-0.05, 0) is 6.07 Å². The molecule has 0 radical (unpaired) electrons. The maximum Gasteiger partial charge on any atom is 0.182 e. The monoisotopic (exact) mass is 350 g/mol. The third kappa shape index (κ3) is 2.91. The first-order chi connectivity index (χ1) is 10.3. The smallest absolute Gasteiger partial charge is 0.182 e. The maximum atomic E-state index is 14.0. The van der Waals surface area contributed by atoms with Crippen molar-refractivity contribution in [3.63, 3.8) is 0 Å². The molecule has 0 amide bonds. The molecule has 2 rings (SSSR count). The largest absolute Gasteiger partial charge is 0.383 e. The molecule has 3 nitrogen and oxygen atoms in total. The van der Waals surface area contributed by atoms with Crippen molar-refractivity contribution in [2.75, 3.05) is 5.88 Å². The van der Waals surface area contributed by atoms with Crippen LogP contribution in [0.25, 0.3) is 0 Å². The van der Waals surface area contributed by atoms with Gasteiger partial charge in [0.1, 0.15) is 23.6 Å². The highest BCUT2D eigenvalue weighted by Gasteiger charge is 2.40. The van der Waals surface area contributed by atoms with Gasteiger partial charge in [-0.25, -0.2) is 23.1 Å². The predicted molar refractivity (Wildman–Crippen MR) is 76.4 cm³/mol. The zero-order valence-electron chi connectivity index (χ0n) is 11.3. The Morgan fingerprint density at radius 1 is 1.27 bits per heavy atom. The van der Waals surface area contributed by atoms with Gasteiger partial charge < -0.3 is 5.11 Å². The van der Waals surface area contributed by atoms with Gasteiger partial charge in [0.05, 0.1) is 11.6 Å². The number of alkyl halides is 1.